The molecule has 27 heavy (non-hydrogen) atoms. The first-order valence-corrected chi connectivity index (χ1v) is 11.3. The molecular weight excluding hydrogens is 362 g/mol. The van der Waals surface area contributed by atoms with E-state index >= 15 is 0 Å². The molecule has 0 aliphatic carbocycles. The average Bonchev–Trinajstić information content (AvgIpc) is 3.16. The number of likely N-dealkylation sites (tertiary alicyclic amines) is 1. The van der Waals surface area contributed by atoms with Crippen LogP contribution in [0.4, 0.5) is 0 Å². The lowest BCUT2D eigenvalue weighted by atomic mass is 10.2. The molecular formula is C19H31N5O2S. The second kappa shape index (κ2) is 9.03. The van der Waals surface area contributed by atoms with Gasteiger partial charge in [-0.15, -0.1) is 0 Å². The summed E-state index contributed by atoms with van der Waals surface area (Å²) >= 11 is 0. The van der Waals surface area contributed by atoms with E-state index in [0.29, 0.717) is 31.7 Å². The lowest BCUT2D eigenvalue weighted by Gasteiger charge is -2.21. The number of nitrogens with one attached hydrogen (secondary N) is 2. The van der Waals surface area contributed by atoms with Crippen LogP contribution < -0.4 is 10.6 Å². The van der Waals surface area contributed by atoms with Gasteiger partial charge >= 0.3 is 0 Å². The molecule has 2 aliphatic heterocycles. The van der Waals surface area contributed by atoms with Crippen LogP contribution in [0, 0.1) is 0 Å². The normalized spacial score (nSPS) is 26.4. The molecule has 2 unspecified atom stereocenters. The van der Waals surface area contributed by atoms with Crippen molar-refractivity contribution in [2.45, 2.75) is 38.4 Å². The summed E-state index contributed by atoms with van der Waals surface area (Å²) in [6.45, 7) is 5.87. The van der Waals surface area contributed by atoms with Crippen LogP contribution in [-0.2, 0) is 16.6 Å². The molecule has 7 nitrogen and oxygen atoms in total. The van der Waals surface area contributed by atoms with Gasteiger partial charge in [-0.25, -0.2) is 12.7 Å². The summed E-state index contributed by atoms with van der Waals surface area (Å²) < 4.78 is 25.3. The molecule has 2 N–H and O–H groups in total. The molecule has 2 heterocycles. The smallest absolute Gasteiger partial charge is 0.214 e. The van der Waals surface area contributed by atoms with Gasteiger partial charge in [0.15, 0.2) is 5.96 Å². The molecule has 1 aromatic carbocycles. The van der Waals surface area contributed by atoms with E-state index < -0.39 is 10.0 Å². The Kier molecular flexibility index (Phi) is 6.73. The maximum absolute atomic E-state index is 11.9. The largest absolute Gasteiger partial charge is 0.355 e. The first-order chi connectivity index (χ1) is 13.0. The van der Waals surface area contributed by atoms with E-state index in [9.17, 15) is 8.42 Å². The van der Waals surface area contributed by atoms with E-state index in [2.05, 4.69) is 51.7 Å². The molecule has 2 aliphatic rings. The van der Waals surface area contributed by atoms with Gasteiger partial charge in [0.25, 0.3) is 0 Å². The maximum Gasteiger partial charge on any atom is 0.214 e. The van der Waals surface area contributed by atoms with Crippen molar-refractivity contribution in [3.63, 3.8) is 0 Å². The maximum atomic E-state index is 11.9. The van der Waals surface area contributed by atoms with E-state index in [0.717, 1.165) is 31.9 Å². The Bertz CT molecular complexity index is 738. The Morgan fingerprint density at radius 2 is 2.07 bits per heavy atom. The van der Waals surface area contributed by atoms with Crippen LogP contribution in [0.15, 0.2) is 35.3 Å². The van der Waals surface area contributed by atoms with E-state index in [-0.39, 0.29) is 5.75 Å². The molecule has 2 fully saturated rings. The highest BCUT2D eigenvalue weighted by molar-refractivity contribution is 7.89. The Morgan fingerprint density at radius 1 is 1.30 bits per heavy atom. The van der Waals surface area contributed by atoms with Crippen molar-refractivity contribution in [2.24, 2.45) is 4.99 Å². The fraction of sp³-hybridized carbons (Fsp3) is 0.632. The molecule has 1 aromatic rings. The standard InChI is InChI=1S/C19H31N5O2S/c1-16-13-18(15-23(16)14-17-7-4-3-5-8-17)22-19(20-2)21-9-11-24-10-6-12-27(24,25)26/h3-5,7-8,16,18H,6,9-15H2,1-2H3,(H2,20,21,22). The number of guanidine groups is 1. The average molecular weight is 394 g/mol. The fourth-order valence-corrected chi connectivity index (χ4v) is 5.40. The summed E-state index contributed by atoms with van der Waals surface area (Å²) in [7, 11) is -1.28. The van der Waals surface area contributed by atoms with Crippen LogP contribution in [0.1, 0.15) is 25.3 Å². The summed E-state index contributed by atoms with van der Waals surface area (Å²) in [4.78, 5) is 6.78. The van der Waals surface area contributed by atoms with E-state index in [1.54, 1.807) is 11.4 Å². The summed E-state index contributed by atoms with van der Waals surface area (Å²) in [5, 5.41) is 6.74. The second-order valence-corrected chi connectivity index (χ2v) is 9.50. The second-order valence-electron chi connectivity index (χ2n) is 7.41. The summed E-state index contributed by atoms with van der Waals surface area (Å²) in [5.74, 6) is 1.02. The van der Waals surface area contributed by atoms with Gasteiger partial charge in [-0.2, -0.15) is 0 Å². The molecule has 0 saturated carbocycles. The third kappa shape index (κ3) is 5.43. The van der Waals surface area contributed by atoms with Crippen molar-refractivity contribution < 1.29 is 8.42 Å². The number of hydrogen-bond donors (Lipinski definition) is 2. The lowest BCUT2D eigenvalue weighted by molar-refractivity contribution is 0.258. The van der Waals surface area contributed by atoms with Gasteiger partial charge in [0, 0.05) is 51.9 Å². The number of sulfonamides is 1. The Labute approximate surface area is 162 Å². The Morgan fingerprint density at radius 3 is 2.74 bits per heavy atom. The van der Waals surface area contributed by atoms with Crippen LogP contribution in [0.5, 0.6) is 0 Å². The number of hydrogen-bond acceptors (Lipinski definition) is 4. The zero-order chi connectivity index (χ0) is 19.3. The van der Waals surface area contributed by atoms with Gasteiger partial charge in [-0.1, -0.05) is 30.3 Å². The number of nitrogens with zero attached hydrogens (tertiary/aromatic N) is 3. The Hall–Kier alpha value is -1.64. The van der Waals surface area contributed by atoms with Gasteiger partial charge in [-0.3, -0.25) is 9.89 Å². The summed E-state index contributed by atoms with van der Waals surface area (Å²) in [6.07, 6.45) is 1.79. The monoisotopic (exact) mass is 393 g/mol. The molecule has 0 radical (unpaired) electrons. The van der Waals surface area contributed by atoms with Crippen molar-refractivity contribution >= 4 is 16.0 Å². The molecule has 8 heteroatoms. The van der Waals surface area contributed by atoms with E-state index in [1.807, 2.05) is 6.07 Å². The molecule has 2 saturated heterocycles. The van der Waals surface area contributed by atoms with Crippen molar-refractivity contribution in [1.29, 1.82) is 0 Å². The molecule has 0 spiro atoms. The third-order valence-electron chi connectivity index (χ3n) is 5.35. The summed E-state index contributed by atoms with van der Waals surface area (Å²) in [5.41, 5.74) is 1.33. The highest BCUT2D eigenvalue weighted by Crippen LogP contribution is 2.20. The molecule has 150 valence electrons. The quantitative estimate of drug-likeness (QED) is 0.554. The van der Waals surface area contributed by atoms with Gasteiger partial charge < -0.3 is 10.6 Å². The Balaban J connectivity index is 1.44. The van der Waals surface area contributed by atoms with Crippen LogP contribution >= 0.6 is 0 Å². The highest BCUT2D eigenvalue weighted by Gasteiger charge is 2.30. The minimum absolute atomic E-state index is 0.275. The summed E-state index contributed by atoms with van der Waals surface area (Å²) in [6, 6.07) is 11.4. The zero-order valence-corrected chi connectivity index (χ0v) is 17.1. The van der Waals surface area contributed by atoms with Crippen LogP contribution in [-0.4, -0.2) is 74.6 Å². The molecule has 0 bridgehead atoms. The van der Waals surface area contributed by atoms with Crippen molar-refractivity contribution in [3.05, 3.63) is 35.9 Å². The van der Waals surface area contributed by atoms with Crippen LogP contribution in [0.25, 0.3) is 0 Å². The predicted octanol–water partition coefficient (Wildman–Crippen LogP) is 0.850. The minimum Gasteiger partial charge on any atom is -0.355 e. The van der Waals surface area contributed by atoms with Gasteiger partial charge in [-0.05, 0) is 25.3 Å². The minimum atomic E-state index is -3.03. The third-order valence-corrected chi connectivity index (χ3v) is 7.31. The van der Waals surface area contributed by atoms with Gasteiger partial charge in [0.05, 0.1) is 5.75 Å². The van der Waals surface area contributed by atoms with Gasteiger partial charge in [0.1, 0.15) is 0 Å². The van der Waals surface area contributed by atoms with Crippen LogP contribution in [0.3, 0.4) is 0 Å². The lowest BCUT2D eigenvalue weighted by Crippen LogP contribution is -2.46. The molecule has 0 aromatic heterocycles. The van der Waals surface area contributed by atoms with Crippen molar-refractivity contribution in [2.75, 3.05) is 39.0 Å². The fourth-order valence-electron chi connectivity index (χ4n) is 3.87. The van der Waals surface area contributed by atoms with Crippen LogP contribution in [0.2, 0.25) is 0 Å². The SMILES string of the molecule is CN=C(NCCN1CCCS1(=O)=O)NC1CC(C)N(Cc2ccccc2)C1. The highest BCUT2D eigenvalue weighted by atomic mass is 32.2. The van der Waals surface area contributed by atoms with Gasteiger partial charge in [0.2, 0.25) is 10.0 Å². The number of aliphatic imine (C=N–C) groups is 1. The molecule has 2 atom stereocenters. The first-order valence-electron chi connectivity index (χ1n) is 9.71. The number of rotatable bonds is 6. The predicted molar refractivity (Wildman–Crippen MR) is 109 cm³/mol. The zero-order valence-electron chi connectivity index (χ0n) is 16.3. The van der Waals surface area contributed by atoms with E-state index in [1.165, 1.54) is 5.56 Å². The first kappa shape index (κ1) is 20.1. The topological polar surface area (TPSA) is 77.0 Å². The van der Waals surface area contributed by atoms with Crippen molar-refractivity contribution in [3.8, 4) is 0 Å². The molecule has 3 rings (SSSR count). The van der Waals surface area contributed by atoms with Crippen molar-refractivity contribution in [1.82, 2.24) is 19.8 Å². The number of benzene rings is 1. The molecule has 0 amide bonds. The van der Waals surface area contributed by atoms with E-state index in [4.69, 9.17) is 0 Å².